The summed E-state index contributed by atoms with van der Waals surface area (Å²) in [6.07, 6.45) is -0.372. The van der Waals surface area contributed by atoms with Crippen LogP contribution in [0.1, 0.15) is 19.0 Å². The minimum absolute atomic E-state index is 0.0115. The monoisotopic (exact) mass is 377 g/mol. The van der Waals surface area contributed by atoms with Gasteiger partial charge in [-0.3, -0.25) is 14.6 Å². The molecule has 26 heavy (non-hydrogen) atoms. The molecule has 1 heterocycles. The number of aromatic amines is 1. The van der Waals surface area contributed by atoms with Crippen molar-refractivity contribution in [1.82, 2.24) is 15.2 Å². The van der Waals surface area contributed by atoms with Crippen molar-refractivity contribution in [2.24, 2.45) is 0 Å². The number of hydrogen-bond acceptors (Lipinski definition) is 8. The van der Waals surface area contributed by atoms with Gasteiger partial charge in [-0.15, -0.1) is 10.2 Å². The first-order valence-electron chi connectivity index (χ1n) is 7.79. The van der Waals surface area contributed by atoms with Gasteiger partial charge in [0.1, 0.15) is 11.4 Å². The minimum Gasteiger partial charge on any atom is -0.550 e. The molecular formula is C16H17N4O5S-. The highest BCUT2D eigenvalue weighted by atomic mass is 32.2. The van der Waals surface area contributed by atoms with Crippen LogP contribution in [0.2, 0.25) is 0 Å². The molecule has 0 fully saturated rings. The van der Waals surface area contributed by atoms with E-state index in [2.05, 4.69) is 20.5 Å². The van der Waals surface area contributed by atoms with E-state index in [1.807, 2.05) is 6.92 Å². The fraction of sp³-hybridized carbons (Fsp3) is 0.312. The van der Waals surface area contributed by atoms with Crippen LogP contribution >= 0.6 is 11.8 Å². The molecule has 0 saturated heterocycles. The molecule has 0 atom stereocenters. The highest BCUT2D eigenvalue weighted by molar-refractivity contribution is 7.99. The second kappa shape index (κ2) is 9.56. The molecule has 2 aromatic rings. The Morgan fingerprint density at radius 2 is 2.00 bits per heavy atom. The number of anilines is 1. The van der Waals surface area contributed by atoms with E-state index in [1.165, 1.54) is 0 Å². The number of aliphatic carboxylic acids is 1. The molecule has 10 heteroatoms. The Balaban J connectivity index is 1.85. The predicted octanol–water partition coefficient (Wildman–Crippen LogP) is -0.0231. The topological polar surface area (TPSA) is 137 Å². The van der Waals surface area contributed by atoms with Crippen molar-refractivity contribution in [1.29, 1.82) is 0 Å². The molecule has 0 aliphatic heterocycles. The number of carbonyl (C=O) groups is 2. The van der Waals surface area contributed by atoms with E-state index in [4.69, 9.17) is 4.74 Å². The molecule has 1 aromatic carbocycles. The number of carboxylic acids is 1. The van der Waals surface area contributed by atoms with E-state index in [9.17, 15) is 19.5 Å². The van der Waals surface area contributed by atoms with Crippen LogP contribution in [-0.4, -0.2) is 39.4 Å². The second-order valence-corrected chi connectivity index (χ2v) is 6.04. The summed E-state index contributed by atoms with van der Waals surface area (Å²) in [5.41, 5.74) is 0.101. The van der Waals surface area contributed by atoms with Gasteiger partial charge in [0, 0.05) is 18.1 Å². The van der Waals surface area contributed by atoms with E-state index in [1.54, 1.807) is 24.3 Å². The Kier molecular flexibility index (Phi) is 7.15. The van der Waals surface area contributed by atoms with Crippen molar-refractivity contribution in [3.63, 3.8) is 0 Å². The number of aryl methyl sites for hydroxylation is 1. The standard InChI is InChI=1S/C16H18N4O5S/c1-2-25-11-5-3-10(4-6-11)17-13(21)9-26-16-18-15(24)12(19-20-16)7-8-14(22)23/h3-6H,2,7-9H2,1H3,(H,17,21)(H,22,23)(H,18,20,24)/p-1. The summed E-state index contributed by atoms with van der Waals surface area (Å²) in [6.45, 7) is 2.45. The van der Waals surface area contributed by atoms with Crippen LogP contribution in [0, 0.1) is 0 Å². The maximum atomic E-state index is 12.0. The number of amides is 1. The molecule has 0 radical (unpaired) electrons. The minimum atomic E-state index is -1.27. The maximum Gasteiger partial charge on any atom is 0.273 e. The summed E-state index contributed by atoms with van der Waals surface area (Å²) < 4.78 is 5.32. The smallest absolute Gasteiger partial charge is 0.273 e. The zero-order valence-corrected chi connectivity index (χ0v) is 14.8. The zero-order chi connectivity index (χ0) is 18.9. The molecule has 1 amide bonds. The molecule has 2 N–H and O–H groups in total. The van der Waals surface area contributed by atoms with Crippen LogP contribution in [-0.2, 0) is 16.0 Å². The lowest BCUT2D eigenvalue weighted by molar-refractivity contribution is -0.305. The quantitative estimate of drug-likeness (QED) is 0.582. The summed E-state index contributed by atoms with van der Waals surface area (Å²) in [6, 6.07) is 6.95. The zero-order valence-electron chi connectivity index (χ0n) is 14.0. The van der Waals surface area contributed by atoms with E-state index >= 15 is 0 Å². The third-order valence-electron chi connectivity index (χ3n) is 3.10. The van der Waals surface area contributed by atoms with Crippen LogP contribution in [0.3, 0.4) is 0 Å². The van der Waals surface area contributed by atoms with Crippen molar-refractivity contribution in [2.45, 2.75) is 24.9 Å². The van der Waals surface area contributed by atoms with Gasteiger partial charge in [-0.2, -0.15) is 0 Å². The lowest BCUT2D eigenvalue weighted by Crippen LogP contribution is -2.25. The van der Waals surface area contributed by atoms with Crippen LogP contribution in [0.15, 0.2) is 34.2 Å². The molecule has 0 bridgehead atoms. The third kappa shape index (κ3) is 6.20. The average molecular weight is 377 g/mol. The molecule has 138 valence electrons. The van der Waals surface area contributed by atoms with Gasteiger partial charge in [-0.25, -0.2) is 0 Å². The summed E-state index contributed by atoms with van der Waals surface area (Å²) in [5, 5.41) is 20.8. The fourth-order valence-electron chi connectivity index (χ4n) is 1.93. The van der Waals surface area contributed by atoms with Crippen LogP contribution < -0.4 is 20.7 Å². The van der Waals surface area contributed by atoms with Gasteiger partial charge < -0.3 is 20.0 Å². The SMILES string of the molecule is CCOc1ccc(NC(=O)CSc2nnc(CCC(=O)[O-])c(=O)[nH]2)cc1. The van der Waals surface area contributed by atoms with Gasteiger partial charge in [0.2, 0.25) is 5.91 Å². The third-order valence-corrected chi connectivity index (χ3v) is 3.96. The Labute approximate surface area is 153 Å². The predicted molar refractivity (Wildman–Crippen MR) is 92.9 cm³/mol. The lowest BCUT2D eigenvalue weighted by atomic mass is 10.2. The highest BCUT2D eigenvalue weighted by Gasteiger charge is 2.09. The lowest BCUT2D eigenvalue weighted by Gasteiger charge is -2.07. The summed E-state index contributed by atoms with van der Waals surface area (Å²) in [7, 11) is 0. The summed E-state index contributed by atoms with van der Waals surface area (Å²) >= 11 is 1.01. The van der Waals surface area contributed by atoms with Crippen molar-refractivity contribution < 1.29 is 19.4 Å². The Morgan fingerprint density at radius 1 is 1.27 bits per heavy atom. The molecule has 0 saturated carbocycles. The second-order valence-electron chi connectivity index (χ2n) is 5.07. The normalized spacial score (nSPS) is 10.3. The number of hydrogen-bond donors (Lipinski definition) is 2. The Hall–Kier alpha value is -2.88. The number of H-pyrrole nitrogens is 1. The van der Waals surface area contributed by atoms with Crippen molar-refractivity contribution >= 4 is 29.3 Å². The number of carboxylic acid groups (broad SMARTS) is 1. The van der Waals surface area contributed by atoms with Crippen LogP contribution in [0.25, 0.3) is 0 Å². The summed E-state index contributed by atoms with van der Waals surface area (Å²) in [4.78, 5) is 36.6. The van der Waals surface area contributed by atoms with Gasteiger partial charge in [0.05, 0.1) is 12.4 Å². The Bertz CT molecular complexity index is 822. The van der Waals surface area contributed by atoms with Crippen molar-refractivity contribution in [2.75, 3.05) is 17.7 Å². The molecule has 1 aromatic heterocycles. The van der Waals surface area contributed by atoms with Crippen LogP contribution in [0.5, 0.6) is 5.75 Å². The first-order chi connectivity index (χ1) is 12.5. The number of aromatic nitrogens is 3. The van der Waals surface area contributed by atoms with E-state index < -0.39 is 11.5 Å². The first-order valence-corrected chi connectivity index (χ1v) is 8.77. The van der Waals surface area contributed by atoms with Gasteiger partial charge >= 0.3 is 0 Å². The molecule has 0 aliphatic rings. The number of nitrogens with one attached hydrogen (secondary N) is 2. The number of rotatable bonds is 9. The van der Waals surface area contributed by atoms with Gasteiger partial charge in [-0.1, -0.05) is 11.8 Å². The maximum absolute atomic E-state index is 12.0. The van der Waals surface area contributed by atoms with E-state index in [0.29, 0.717) is 18.0 Å². The number of nitrogens with zero attached hydrogens (tertiary/aromatic N) is 2. The van der Waals surface area contributed by atoms with Gasteiger partial charge in [0.25, 0.3) is 5.56 Å². The molecule has 9 nitrogen and oxygen atoms in total. The highest BCUT2D eigenvalue weighted by Crippen LogP contribution is 2.16. The van der Waals surface area contributed by atoms with Gasteiger partial charge in [0.15, 0.2) is 5.16 Å². The first kappa shape index (κ1) is 19.4. The molecule has 2 rings (SSSR count). The molecule has 0 spiro atoms. The largest absolute Gasteiger partial charge is 0.550 e. The molecular weight excluding hydrogens is 360 g/mol. The van der Waals surface area contributed by atoms with E-state index in [0.717, 1.165) is 11.8 Å². The number of carbonyl (C=O) groups excluding carboxylic acids is 2. The molecule has 0 unspecified atom stereocenters. The number of thioether (sulfide) groups is 1. The number of ether oxygens (including phenoxy) is 1. The van der Waals surface area contributed by atoms with Crippen molar-refractivity contribution in [3.05, 3.63) is 40.3 Å². The van der Waals surface area contributed by atoms with E-state index in [-0.39, 0.29) is 35.4 Å². The van der Waals surface area contributed by atoms with Crippen LogP contribution in [0.4, 0.5) is 5.69 Å². The van der Waals surface area contributed by atoms with Gasteiger partial charge in [-0.05, 0) is 37.6 Å². The fourth-order valence-corrected chi connectivity index (χ4v) is 2.53. The van der Waals surface area contributed by atoms with Crippen molar-refractivity contribution in [3.8, 4) is 5.75 Å². The summed E-state index contributed by atoms with van der Waals surface area (Å²) in [5.74, 6) is -0.805. The number of benzene rings is 1. The average Bonchev–Trinajstić information content (AvgIpc) is 2.61. The molecule has 0 aliphatic carbocycles. The Morgan fingerprint density at radius 3 is 2.62 bits per heavy atom.